The van der Waals surface area contributed by atoms with Gasteiger partial charge >= 0.3 is 17.9 Å². The van der Waals surface area contributed by atoms with Gasteiger partial charge in [-0.15, -0.1) is 0 Å². The molecule has 0 heterocycles. The SMILES string of the molecule is CC/C=C/C=C/C=C/C=C/C=C/CCCC(=O)OCC(COC(=O)CCCCCCCCCCCCCCC)OC(=O)CCCCCCCCCCCCCCC. The Bertz CT molecular complexity index is 1050. The Balaban J connectivity index is 4.47. The molecule has 328 valence electrons. The molecule has 0 saturated heterocycles. The van der Waals surface area contributed by atoms with Gasteiger partial charge in [-0.05, 0) is 32.1 Å². The largest absolute Gasteiger partial charge is 0.462 e. The summed E-state index contributed by atoms with van der Waals surface area (Å²) in [6, 6.07) is 0. The lowest BCUT2D eigenvalue weighted by Crippen LogP contribution is -2.30. The average molecular weight is 797 g/mol. The number of carbonyl (C=O) groups is 3. The molecule has 0 aliphatic rings. The zero-order chi connectivity index (χ0) is 41.5. The van der Waals surface area contributed by atoms with E-state index < -0.39 is 6.10 Å². The molecule has 0 aromatic heterocycles. The first-order valence-corrected chi connectivity index (χ1v) is 23.9. The molecule has 0 radical (unpaired) electrons. The van der Waals surface area contributed by atoms with Crippen molar-refractivity contribution in [2.24, 2.45) is 0 Å². The highest BCUT2D eigenvalue weighted by Gasteiger charge is 2.19. The van der Waals surface area contributed by atoms with Crippen molar-refractivity contribution in [1.82, 2.24) is 0 Å². The van der Waals surface area contributed by atoms with Crippen LogP contribution in [0.15, 0.2) is 60.8 Å². The maximum Gasteiger partial charge on any atom is 0.306 e. The van der Waals surface area contributed by atoms with Crippen LogP contribution in [-0.2, 0) is 28.6 Å². The summed E-state index contributed by atoms with van der Waals surface area (Å²) < 4.78 is 16.7. The van der Waals surface area contributed by atoms with Crippen LogP contribution in [0.5, 0.6) is 0 Å². The molecule has 0 spiro atoms. The van der Waals surface area contributed by atoms with Gasteiger partial charge in [-0.1, -0.05) is 236 Å². The fraction of sp³-hybridized carbons (Fsp3) is 0.745. The molecule has 0 rings (SSSR count). The predicted molar refractivity (Wildman–Crippen MR) is 242 cm³/mol. The first kappa shape index (κ1) is 54.1. The van der Waals surface area contributed by atoms with Crippen molar-refractivity contribution in [1.29, 1.82) is 0 Å². The zero-order valence-electron chi connectivity index (χ0n) is 37.3. The van der Waals surface area contributed by atoms with Gasteiger partial charge in [-0.3, -0.25) is 14.4 Å². The molecular formula is C51H88O6. The number of allylic oxidation sites excluding steroid dienone is 10. The van der Waals surface area contributed by atoms with Crippen molar-refractivity contribution in [3.63, 3.8) is 0 Å². The van der Waals surface area contributed by atoms with Crippen LogP contribution >= 0.6 is 0 Å². The number of carbonyl (C=O) groups excluding carboxylic acids is 3. The highest BCUT2D eigenvalue weighted by atomic mass is 16.6. The van der Waals surface area contributed by atoms with Crippen LogP contribution in [0.1, 0.15) is 226 Å². The Kier molecular flexibility index (Phi) is 43.5. The van der Waals surface area contributed by atoms with Crippen molar-refractivity contribution in [3.8, 4) is 0 Å². The molecule has 0 aliphatic carbocycles. The molecule has 6 heteroatoms. The normalized spacial score (nSPS) is 12.5. The number of esters is 3. The van der Waals surface area contributed by atoms with E-state index >= 15 is 0 Å². The molecule has 0 amide bonds. The fourth-order valence-electron chi connectivity index (χ4n) is 6.59. The van der Waals surface area contributed by atoms with Crippen LogP contribution < -0.4 is 0 Å². The van der Waals surface area contributed by atoms with Crippen LogP contribution in [0.2, 0.25) is 0 Å². The van der Waals surface area contributed by atoms with Gasteiger partial charge in [0.2, 0.25) is 0 Å². The van der Waals surface area contributed by atoms with Crippen molar-refractivity contribution < 1.29 is 28.6 Å². The van der Waals surface area contributed by atoms with Gasteiger partial charge in [0.1, 0.15) is 13.2 Å². The third-order valence-electron chi connectivity index (χ3n) is 10.2. The standard InChI is InChI=1S/C51H88O6/c1-4-7-10-13-16-19-22-25-28-31-34-37-40-43-49(52)55-46-48(57-51(54)45-42-39-36-33-30-27-24-21-18-15-12-9-6-3)47-56-50(53)44-41-38-35-32-29-26-23-20-17-14-11-8-5-2/h7,10,13,16,19,22,25,28,31,34,48H,4-6,8-9,11-12,14-15,17-18,20-21,23-24,26-27,29-30,32-33,35-47H2,1-3H3/b10-7+,16-13+,22-19+,28-25+,34-31+. The summed E-state index contributed by atoms with van der Waals surface area (Å²) in [7, 11) is 0. The van der Waals surface area contributed by atoms with E-state index in [-0.39, 0.29) is 37.5 Å². The molecule has 0 bridgehead atoms. The minimum Gasteiger partial charge on any atom is -0.462 e. The molecule has 0 aliphatic heterocycles. The molecule has 0 aromatic carbocycles. The Morgan fingerprint density at radius 1 is 0.368 bits per heavy atom. The summed E-state index contributed by atoms with van der Waals surface area (Å²) in [5.41, 5.74) is 0. The monoisotopic (exact) mass is 797 g/mol. The summed E-state index contributed by atoms with van der Waals surface area (Å²) in [4.78, 5) is 37.8. The number of hydrogen-bond donors (Lipinski definition) is 0. The topological polar surface area (TPSA) is 78.9 Å². The number of rotatable bonds is 42. The molecule has 1 unspecified atom stereocenters. The van der Waals surface area contributed by atoms with Crippen LogP contribution in [0.3, 0.4) is 0 Å². The van der Waals surface area contributed by atoms with Gasteiger partial charge in [0, 0.05) is 19.3 Å². The van der Waals surface area contributed by atoms with E-state index in [9.17, 15) is 14.4 Å². The minimum absolute atomic E-state index is 0.0936. The third-order valence-corrected chi connectivity index (χ3v) is 10.2. The van der Waals surface area contributed by atoms with Crippen LogP contribution in [0.4, 0.5) is 0 Å². The summed E-state index contributed by atoms with van der Waals surface area (Å²) in [5.74, 6) is -0.968. The molecular weight excluding hydrogens is 709 g/mol. The zero-order valence-corrected chi connectivity index (χ0v) is 37.3. The van der Waals surface area contributed by atoms with Crippen LogP contribution in [0, 0.1) is 0 Å². The lowest BCUT2D eigenvalue weighted by Gasteiger charge is -2.18. The van der Waals surface area contributed by atoms with Gasteiger partial charge in [-0.25, -0.2) is 0 Å². The highest BCUT2D eigenvalue weighted by molar-refractivity contribution is 5.71. The Hall–Kier alpha value is -2.89. The molecule has 0 saturated carbocycles. The van der Waals surface area contributed by atoms with Gasteiger partial charge in [0.15, 0.2) is 6.10 Å². The number of hydrogen-bond acceptors (Lipinski definition) is 6. The van der Waals surface area contributed by atoms with E-state index in [1.807, 2.05) is 54.7 Å². The lowest BCUT2D eigenvalue weighted by molar-refractivity contribution is -0.167. The van der Waals surface area contributed by atoms with E-state index in [0.717, 1.165) is 51.4 Å². The predicted octanol–water partition coefficient (Wildman–Crippen LogP) is 15.3. The molecule has 57 heavy (non-hydrogen) atoms. The number of ether oxygens (including phenoxy) is 3. The first-order chi connectivity index (χ1) is 28.0. The Labute approximate surface area is 351 Å². The van der Waals surface area contributed by atoms with Crippen molar-refractivity contribution in [3.05, 3.63) is 60.8 Å². The van der Waals surface area contributed by atoms with Gasteiger partial charge in [0.05, 0.1) is 0 Å². The molecule has 1 atom stereocenters. The molecule has 0 fully saturated rings. The van der Waals surface area contributed by atoms with Crippen molar-refractivity contribution >= 4 is 17.9 Å². The molecule has 0 N–H and O–H groups in total. The molecule has 6 nitrogen and oxygen atoms in total. The number of unbranched alkanes of at least 4 members (excludes halogenated alkanes) is 25. The second kappa shape index (κ2) is 45.8. The quantitative estimate of drug-likeness (QED) is 0.0265. The maximum absolute atomic E-state index is 12.7. The smallest absolute Gasteiger partial charge is 0.306 e. The summed E-state index contributed by atoms with van der Waals surface area (Å²) >= 11 is 0. The van der Waals surface area contributed by atoms with E-state index in [1.54, 1.807) is 0 Å². The van der Waals surface area contributed by atoms with E-state index in [0.29, 0.717) is 19.3 Å². The van der Waals surface area contributed by atoms with E-state index in [2.05, 4.69) is 26.8 Å². The van der Waals surface area contributed by atoms with Crippen LogP contribution in [0.25, 0.3) is 0 Å². The van der Waals surface area contributed by atoms with Crippen molar-refractivity contribution in [2.45, 2.75) is 232 Å². The fourth-order valence-corrected chi connectivity index (χ4v) is 6.59. The van der Waals surface area contributed by atoms with E-state index in [4.69, 9.17) is 14.2 Å². The minimum atomic E-state index is -0.797. The van der Waals surface area contributed by atoms with Gasteiger partial charge in [-0.2, -0.15) is 0 Å². The summed E-state index contributed by atoms with van der Waals surface area (Å²) in [6.45, 7) is 6.43. The van der Waals surface area contributed by atoms with Gasteiger partial charge in [0.25, 0.3) is 0 Å². The lowest BCUT2D eigenvalue weighted by atomic mass is 10.0. The highest BCUT2D eigenvalue weighted by Crippen LogP contribution is 2.15. The van der Waals surface area contributed by atoms with Gasteiger partial charge < -0.3 is 14.2 Å². The van der Waals surface area contributed by atoms with E-state index in [1.165, 1.54) is 128 Å². The van der Waals surface area contributed by atoms with Crippen molar-refractivity contribution in [2.75, 3.05) is 13.2 Å². The second-order valence-electron chi connectivity index (χ2n) is 15.8. The maximum atomic E-state index is 12.7. The Morgan fingerprint density at radius 3 is 1.07 bits per heavy atom. The van der Waals surface area contributed by atoms with Crippen LogP contribution in [-0.4, -0.2) is 37.2 Å². The second-order valence-corrected chi connectivity index (χ2v) is 15.8. The Morgan fingerprint density at radius 2 is 0.684 bits per heavy atom. The third kappa shape index (κ3) is 44.1. The summed E-state index contributed by atoms with van der Waals surface area (Å²) in [5, 5.41) is 0. The summed E-state index contributed by atoms with van der Waals surface area (Å²) in [6.07, 6.45) is 54.9. The molecule has 0 aromatic rings. The average Bonchev–Trinajstić information content (AvgIpc) is 3.21. The first-order valence-electron chi connectivity index (χ1n) is 23.9.